The molecule has 0 amide bonds. The van der Waals surface area contributed by atoms with Crippen molar-refractivity contribution in [1.82, 2.24) is 10.3 Å². The Morgan fingerprint density at radius 3 is 3.06 bits per heavy atom. The quantitative estimate of drug-likeness (QED) is 0.611. The van der Waals surface area contributed by atoms with Gasteiger partial charge in [-0.3, -0.25) is 0 Å². The van der Waals surface area contributed by atoms with Crippen LogP contribution in [-0.2, 0) is 6.42 Å². The first-order chi connectivity index (χ1) is 8.29. The number of thiol groups is 1. The Morgan fingerprint density at radius 2 is 2.24 bits per heavy atom. The maximum Gasteiger partial charge on any atom is 0.192 e. The SMILES string of the molecule is Cc1nc2ccc(CCNCCCS)cc2o1. The summed E-state index contributed by atoms with van der Waals surface area (Å²) in [6, 6.07) is 6.22. The van der Waals surface area contributed by atoms with E-state index in [1.165, 1.54) is 5.56 Å². The molecule has 0 saturated carbocycles. The van der Waals surface area contributed by atoms with E-state index in [2.05, 4.69) is 35.1 Å². The summed E-state index contributed by atoms with van der Waals surface area (Å²) in [6.07, 6.45) is 2.13. The van der Waals surface area contributed by atoms with Crippen LogP contribution in [0.2, 0.25) is 0 Å². The lowest BCUT2D eigenvalue weighted by Crippen LogP contribution is -2.18. The first-order valence-corrected chi connectivity index (χ1v) is 6.60. The van der Waals surface area contributed by atoms with Crippen molar-refractivity contribution in [3.05, 3.63) is 29.7 Å². The second-order valence-corrected chi connectivity index (χ2v) is 4.56. The highest BCUT2D eigenvalue weighted by Crippen LogP contribution is 2.16. The standard InChI is InChI=1S/C13H18N2OS/c1-10-15-12-4-3-11(9-13(12)16-10)5-7-14-6-2-8-17/h3-4,9,14,17H,2,5-8H2,1H3. The van der Waals surface area contributed by atoms with Crippen LogP contribution in [0.15, 0.2) is 22.6 Å². The third kappa shape index (κ3) is 3.48. The number of hydrogen-bond acceptors (Lipinski definition) is 4. The number of oxazole rings is 1. The first-order valence-electron chi connectivity index (χ1n) is 5.97. The van der Waals surface area contributed by atoms with Crippen LogP contribution in [0.1, 0.15) is 17.9 Å². The highest BCUT2D eigenvalue weighted by atomic mass is 32.1. The molecule has 0 fully saturated rings. The van der Waals surface area contributed by atoms with Gasteiger partial charge < -0.3 is 9.73 Å². The molecular weight excluding hydrogens is 232 g/mol. The summed E-state index contributed by atoms with van der Waals surface area (Å²) in [5.41, 5.74) is 3.11. The zero-order chi connectivity index (χ0) is 12.1. The second-order valence-electron chi connectivity index (χ2n) is 4.11. The summed E-state index contributed by atoms with van der Waals surface area (Å²) in [5, 5.41) is 3.39. The van der Waals surface area contributed by atoms with Gasteiger partial charge in [0.1, 0.15) is 5.52 Å². The predicted octanol–water partition coefficient (Wildman–Crippen LogP) is 2.59. The van der Waals surface area contributed by atoms with Crippen LogP contribution in [-0.4, -0.2) is 23.8 Å². The number of nitrogens with one attached hydrogen (secondary N) is 1. The van der Waals surface area contributed by atoms with Gasteiger partial charge in [-0.25, -0.2) is 4.98 Å². The third-order valence-electron chi connectivity index (χ3n) is 2.66. The molecule has 1 aromatic carbocycles. The van der Waals surface area contributed by atoms with E-state index >= 15 is 0 Å². The van der Waals surface area contributed by atoms with Crippen LogP contribution in [0.4, 0.5) is 0 Å². The molecular formula is C13H18N2OS. The smallest absolute Gasteiger partial charge is 0.192 e. The number of hydrogen-bond donors (Lipinski definition) is 2. The fourth-order valence-electron chi connectivity index (χ4n) is 1.80. The summed E-state index contributed by atoms with van der Waals surface area (Å²) in [4.78, 5) is 4.28. The molecule has 3 nitrogen and oxygen atoms in total. The van der Waals surface area contributed by atoms with E-state index in [4.69, 9.17) is 4.42 Å². The molecule has 0 aliphatic carbocycles. The van der Waals surface area contributed by atoms with Crippen LogP contribution in [0, 0.1) is 6.92 Å². The lowest BCUT2D eigenvalue weighted by molar-refractivity contribution is 0.560. The minimum atomic E-state index is 0.726. The van der Waals surface area contributed by atoms with E-state index in [1.807, 2.05) is 13.0 Å². The lowest BCUT2D eigenvalue weighted by atomic mass is 10.1. The zero-order valence-electron chi connectivity index (χ0n) is 10.1. The van der Waals surface area contributed by atoms with Gasteiger partial charge in [-0.15, -0.1) is 0 Å². The highest BCUT2D eigenvalue weighted by Gasteiger charge is 2.02. The largest absolute Gasteiger partial charge is 0.441 e. The van der Waals surface area contributed by atoms with Gasteiger partial charge in [0.15, 0.2) is 11.5 Å². The number of benzene rings is 1. The second kappa shape index (κ2) is 6.07. The summed E-state index contributed by atoms with van der Waals surface area (Å²) >= 11 is 4.18. The number of fused-ring (bicyclic) bond motifs is 1. The minimum absolute atomic E-state index is 0.726. The van der Waals surface area contributed by atoms with Gasteiger partial charge >= 0.3 is 0 Å². The van der Waals surface area contributed by atoms with Gasteiger partial charge in [0.05, 0.1) is 0 Å². The van der Waals surface area contributed by atoms with Crippen molar-refractivity contribution in [1.29, 1.82) is 0 Å². The van der Waals surface area contributed by atoms with E-state index in [0.29, 0.717) is 0 Å². The monoisotopic (exact) mass is 250 g/mol. The highest BCUT2D eigenvalue weighted by molar-refractivity contribution is 7.80. The fraction of sp³-hybridized carbons (Fsp3) is 0.462. The molecule has 17 heavy (non-hydrogen) atoms. The zero-order valence-corrected chi connectivity index (χ0v) is 11.0. The van der Waals surface area contributed by atoms with Crippen LogP contribution >= 0.6 is 12.6 Å². The molecule has 1 heterocycles. The Bertz CT molecular complexity index is 481. The van der Waals surface area contributed by atoms with Gasteiger partial charge in [-0.1, -0.05) is 6.07 Å². The van der Waals surface area contributed by atoms with E-state index in [1.54, 1.807) is 0 Å². The summed E-state index contributed by atoms with van der Waals surface area (Å²) in [6.45, 7) is 3.90. The number of rotatable bonds is 6. The van der Waals surface area contributed by atoms with Gasteiger partial charge in [0.25, 0.3) is 0 Å². The topological polar surface area (TPSA) is 38.1 Å². The first kappa shape index (κ1) is 12.5. The van der Waals surface area contributed by atoms with E-state index in [-0.39, 0.29) is 0 Å². The summed E-state index contributed by atoms with van der Waals surface area (Å²) < 4.78 is 5.51. The van der Waals surface area contributed by atoms with Crippen molar-refractivity contribution in [2.75, 3.05) is 18.8 Å². The van der Waals surface area contributed by atoms with Gasteiger partial charge in [0.2, 0.25) is 0 Å². The molecule has 4 heteroatoms. The minimum Gasteiger partial charge on any atom is -0.441 e. The lowest BCUT2D eigenvalue weighted by Gasteiger charge is -2.03. The molecule has 92 valence electrons. The molecule has 0 atom stereocenters. The maximum absolute atomic E-state index is 5.51. The molecule has 0 aliphatic heterocycles. The molecule has 0 unspecified atom stereocenters. The summed E-state index contributed by atoms with van der Waals surface area (Å²) in [7, 11) is 0. The predicted molar refractivity (Wildman–Crippen MR) is 73.8 cm³/mol. The molecule has 0 aliphatic rings. The Labute approximate surface area is 107 Å². The average Bonchev–Trinajstić information content (AvgIpc) is 2.68. The normalized spacial score (nSPS) is 11.2. The van der Waals surface area contributed by atoms with Crippen molar-refractivity contribution >= 4 is 23.7 Å². The maximum atomic E-state index is 5.51. The van der Waals surface area contributed by atoms with Crippen molar-refractivity contribution in [3.8, 4) is 0 Å². The van der Waals surface area contributed by atoms with Crippen LogP contribution in [0.25, 0.3) is 11.1 Å². The molecule has 0 saturated heterocycles. The van der Waals surface area contributed by atoms with Crippen LogP contribution in [0.5, 0.6) is 0 Å². The molecule has 0 spiro atoms. The molecule has 0 radical (unpaired) electrons. The Morgan fingerprint density at radius 1 is 1.35 bits per heavy atom. The van der Waals surface area contributed by atoms with Gasteiger partial charge in [-0.05, 0) is 49.4 Å². The summed E-state index contributed by atoms with van der Waals surface area (Å²) in [5.74, 6) is 1.67. The Balaban J connectivity index is 1.90. The Kier molecular flexibility index (Phi) is 4.45. The van der Waals surface area contributed by atoms with Crippen molar-refractivity contribution < 1.29 is 4.42 Å². The van der Waals surface area contributed by atoms with Crippen LogP contribution in [0.3, 0.4) is 0 Å². The fourth-order valence-corrected chi connectivity index (χ4v) is 1.96. The van der Waals surface area contributed by atoms with E-state index in [0.717, 1.165) is 48.7 Å². The van der Waals surface area contributed by atoms with Crippen molar-refractivity contribution in [2.24, 2.45) is 0 Å². The molecule has 2 rings (SSSR count). The molecule has 0 bridgehead atoms. The van der Waals surface area contributed by atoms with Crippen LogP contribution < -0.4 is 5.32 Å². The van der Waals surface area contributed by atoms with E-state index in [9.17, 15) is 0 Å². The molecule has 1 aromatic heterocycles. The third-order valence-corrected chi connectivity index (χ3v) is 2.98. The van der Waals surface area contributed by atoms with E-state index < -0.39 is 0 Å². The van der Waals surface area contributed by atoms with Gasteiger partial charge in [-0.2, -0.15) is 12.6 Å². The number of aromatic nitrogens is 1. The average molecular weight is 250 g/mol. The number of aryl methyl sites for hydroxylation is 1. The van der Waals surface area contributed by atoms with Crippen molar-refractivity contribution in [2.45, 2.75) is 19.8 Å². The Hall–Kier alpha value is -1.00. The molecule has 2 aromatic rings. The molecule has 1 N–H and O–H groups in total. The number of nitrogens with zero attached hydrogens (tertiary/aromatic N) is 1. The van der Waals surface area contributed by atoms with Gasteiger partial charge in [0, 0.05) is 6.92 Å². The van der Waals surface area contributed by atoms with Crippen molar-refractivity contribution in [3.63, 3.8) is 0 Å².